The molecule has 0 saturated heterocycles. The highest BCUT2D eigenvalue weighted by molar-refractivity contribution is 5.59. The Morgan fingerprint density at radius 1 is 1.33 bits per heavy atom. The minimum Gasteiger partial charge on any atom is -0.360 e. The molecular formula is C10H12N2. The molecule has 2 aromatic heterocycles. The summed E-state index contributed by atoms with van der Waals surface area (Å²) in [5, 5.41) is 0. The molecule has 0 aliphatic rings. The monoisotopic (exact) mass is 160 g/mol. The molecule has 2 nitrogen and oxygen atoms in total. The summed E-state index contributed by atoms with van der Waals surface area (Å²) in [5.41, 5.74) is 3.75. The van der Waals surface area contributed by atoms with E-state index < -0.39 is 0 Å². The van der Waals surface area contributed by atoms with Crippen LogP contribution in [0.2, 0.25) is 0 Å². The van der Waals surface area contributed by atoms with Gasteiger partial charge in [0, 0.05) is 19.4 Å². The first kappa shape index (κ1) is 7.22. The molecule has 0 atom stereocenters. The van der Waals surface area contributed by atoms with E-state index in [4.69, 9.17) is 0 Å². The average molecular weight is 160 g/mol. The molecule has 0 saturated carbocycles. The van der Waals surface area contributed by atoms with Crippen molar-refractivity contribution in [2.75, 3.05) is 0 Å². The van der Waals surface area contributed by atoms with Gasteiger partial charge < -0.3 is 9.55 Å². The summed E-state index contributed by atoms with van der Waals surface area (Å²) in [5.74, 6) is 0. The molecule has 0 amide bonds. The Bertz CT molecular complexity index is 349. The number of nitrogens with one attached hydrogen (secondary N) is 1. The summed E-state index contributed by atoms with van der Waals surface area (Å²) in [6.45, 7) is 2.12. The first-order chi connectivity index (χ1) is 5.79. The fourth-order valence-corrected chi connectivity index (χ4v) is 1.54. The number of rotatable bonds is 1. The van der Waals surface area contributed by atoms with Gasteiger partial charge in [0.1, 0.15) is 0 Å². The molecule has 0 unspecified atom stereocenters. The highest BCUT2D eigenvalue weighted by atomic mass is 14.9. The molecule has 12 heavy (non-hydrogen) atoms. The summed E-state index contributed by atoms with van der Waals surface area (Å²) >= 11 is 0. The fraction of sp³-hybridized carbons (Fsp3) is 0.200. The van der Waals surface area contributed by atoms with Crippen LogP contribution >= 0.6 is 0 Å². The maximum atomic E-state index is 3.20. The van der Waals surface area contributed by atoms with Gasteiger partial charge in [0.05, 0.1) is 11.4 Å². The van der Waals surface area contributed by atoms with Crippen LogP contribution in [-0.2, 0) is 7.05 Å². The summed E-state index contributed by atoms with van der Waals surface area (Å²) in [4.78, 5) is 3.20. The van der Waals surface area contributed by atoms with E-state index in [0.29, 0.717) is 0 Å². The van der Waals surface area contributed by atoms with Gasteiger partial charge in [-0.2, -0.15) is 0 Å². The summed E-state index contributed by atoms with van der Waals surface area (Å²) < 4.78 is 2.13. The van der Waals surface area contributed by atoms with E-state index in [1.807, 2.05) is 12.3 Å². The van der Waals surface area contributed by atoms with Crippen LogP contribution in [0.25, 0.3) is 11.4 Å². The molecule has 0 aromatic carbocycles. The van der Waals surface area contributed by atoms with Gasteiger partial charge in [0.2, 0.25) is 0 Å². The van der Waals surface area contributed by atoms with E-state index in [0.717, 1.165) is 0 Å². The molecule has 2 heterocycles. The van der Waals surface area contributed by atoms with E-state index >= 15 is 0 Å². The molecule has 2 rings (SSSR count). The van der Waals surface area contributed by atoms with Crippen LogP contribution in [0.5, 0.6) is 0 Å². The van der Waals surface area contributed by atoms with Gasteiger partial charge in [0.15, 0.2) is 0 Å². The SMILES string of the molecule is Cc1ccn(C)c1-c1ccc[nH]1. The smallest absolute Gasteiger partial charge is 0.0672 e. The first-order valence-electron chi connectivity index (χ1n) is 4.05. The van der Waals surface area contributed by atoms with E-state index in [2.05, 4.69) is 41.9 Å². The lowest BCUT2D eigenvalue weighted by Gasteiger charge is -2.01. The Balaban J connectivity index is 2.60. The Morgan fingerprint density at radius 3 is 2.67 bits per heavy atom. The maximum absolute atomic E-state index is 3.20. The Labute approximate surface area is 71.8 Å². The van der Waals surface area contributed by atoms with Crippen molar-refractivity contribution in [1.29, 1.82) is 0 Å². The largest absolute Gasteiger partial charge is 0.360 e. The Hall–Kier alpha value is -1.44. The minimum atomic E-state index is 1.18. The van der Waals surface area contributed by atoms with Gasteiger partial charge in [-0.25, -0.2) is 0 Å². The third-order valence-corrected chi connectivity index (χ3v) is 2.13. The summed E-state index contributed by atoms with van der Waals surface area (Å²) in [7, 11) is 2.06. The molecule has 2 aromatic rings. The van der Waals surface area contributed by atoms with Crippen LogP contribution in [-0.4, -0.2) is 9.55 Å². The van der Waals surface area contributed by atoms with Crippen LogP contribution in [0.1, 0.15) is 5.56 Å². The van der Waals surface area contributed by atoms with Crippen molar-refractivity contribution in [3.63, 3.8) is 0 Å². The van der Waals surface area contributed by atoms with Crippen molar-refractivity contribution in [2.45, 2.75) is 6.92 Å². The lowest BCUT2D eigenvalue weighted by molar-refractivity contribution is 0.930. The van der Waals surface area contributed by atoms with Crippen molar-refractivity contribution in [3.05, 3.63) is 36.2 Å². The number of nitrogens with zero attached hydrogens (tertiary/aromatic N) is 1. The second kappa shape index (κ2) is 2.55. The van der Waals surface area contributed by atoms with E-state index in [1.54, 1.807) is 0 Å². The average Bonchev–Trinajstić information content (AvgIpc) is 2.61. The third-order valence-electron chi connectivity index (χ3n) is 2.13. The third kappa shape index (κ3) is 0.961. The van der Waals surface area contributed by atoms with E-state index in [1.165, 1.54) is 17.0 Å². The molecule has 0 radical (unpaired) electrons. The van der Waals surface area contributed by atoms with Gasteiger partial charge in [-0.15, -0.1) is 0 Å². The number of aromatic amines is 1. The van der Waals surface area contributed by atoms with Crippen molar-refractivity contribution in [2.24, 2.45) is 7.05 Å². The number of aryl methyl sites for hydroxylation is 2. The quantitative estimate of drug-likeness (QED) is 0.661. The lowest BCUT2D eigenvalue weighted by atomic mass is 10.2. The molecule has 0 fully saturated rings. The van der Waals surface area contributed by atoms with Gasteiger partial charge >= 0.3 is 0 Å². The molecule has 2 heteroatoms. The highest BCUT2D eigenvalue weighted by Crippen LogP contribution is 2.21. The van der Waals surface area contributed by atoms with Crippen LogP contribution in [0, 0.1) is 6.92 Å². The zero-order valence-corrected chi connectivity index (χ0v) is 7.33. The van der Waals surface area contributed by atoms with E-state index in [-0.39, 0.29) is 0 Å². The molecule has 1 N–H and O–H groups in total. The predicted octanol–water partition coefficient (Wildman–Crippen LogP) is 2.33. The molecule has 0 aliphatic heterocycles. The van der Waals surface area contributed by atoms with Crippen LogP contribution in [0.4, 0.5) is 0 Å². The zero-order valence-electron chi connectivity index (χ0n) is 7.33. The number of hydrogen-bond donors (Lipinski definition) is 1. The standard InChI is InChI=1S/C10H12N2/c1-8-5-7-12(2)10(8)9-4-3-6-11-9/h3-7,11H,1-2H3. The highest BCUT2D eigenvalue weighted by Gasteiger charge is 2.04. The lowest BCUT2D eigenvalue weighted by Crippen LogP contribution is -1.90. The predicted molar refractivity (Wildman–Crippen MR) is 49.9 cm³/mol. The van der Waals surface area contributed by atoms with Gasteiger partial charge in [0.25, 0.3) is 0 Å². The summed E-state index contributed by atoms with van der Waals surface area (Å²) in [6, 6.07) is 6.22. The molecule has 62 valence electrons. The van der Waals surface area contributed by atoms with Crippen LogP contribution in [0.15, 0.2) is 30.6 Å². The van der Waals surface area contributed by atoms with Crippen molar-refractivity contribution < 1.29 is 0 Å². The molecular weight excluding hydrogens is 148 g/mol. The fourth-order valence-electron chi connectivity index (χ4n) is 1.54. The Kier molecular flexibility index (Phi) is 1.54. The second-order valence-corrected chi connectivity index (χ2v) is 3.04. The van der Waals surface area contributed by atoms with E-state index in [9.17, 15) is 0 Å². The number of hydrogen-bond acceptors (Lipinski definition) is 0. The molecule has 0 aliphatic carbocycles. The maximum Gasteiger partial charge on any atom is 0.0672 e. The minimum absolute atomic E-state index is 1.18. The second-order valence-electron chi connectivity index (χ2n) is 3.04. The van der Waals surface area contributed by atoms with Gasteiger partial charge in [-0.1, -0.05) is 0 Å². The number of H-pyrrole nitrogens is 1. The topological polar surface area (TPSA) is 20.7 Å². The van der Waals surface area contributed by atoms with Crippen molar-refractivity contribution in [1.82, 2.24) is 9.55 Å². The Morgan fingerprint density at radius 2 is 2.17 bits per heavy atom. The van der Waals surface area contributed by atoms with Gasteiger partial charge in [-0.05, 0) is 30.7 Å². The normalized spacial score (nSPS) is 10.5. The summed E-state index contributed by atoms with van der Waals surface area (Å²) in [6.07, 6.45) is 4.02. The van der Waals surface area contributed by atoms with Gasteiger partial charge in [-0.3, -0.25) is 0 Å². The first-order valence-corrected chi connectivity index (χ1v) is 4.05. The molecule has 0 bridgehead atoms. The van der Waals surface area contributed by atoms with Crippen molar-refractivity contribution in [3.8, 4) is 11.4 Å². The zero-order chi connectivity index (χ0) is 8.55. The molecule has 0 spiro atoms. The van der Waals surface area contributed by atoms with Crippen LogP contribution < -0.4 is 0 Å². The van der Waals surface area contributed by atoms with Crippen molar-refractivity contribution >= 4 is 0 Å². The number of aromatic nitrogens is 2. The van der Waals surface area contributed by atoms with Crippen LogP contribution in [0.3, 0.4) is 0 Å².